The van der Waals surface area contributed by atoms with Crippen molar-refractivity contribution in [1.82, 2.24) is 9.88 Å². The second kappa shape index (κ2) is 8.18. The van der Waals surface area contributed by atoms with Gasteiger partial charge >= 0.3 is 6.09 Å². The van der Waals surface area contributed by atoms with Crippen molar-refractivity contribution in [3.05, 3.63) is 24.4 Å². The molecule has 2 rings (SSSR count). The predicted octanol–water partition coefficient (Wildman–Crippen LogP) is 3.89. The summed E-state index contributed by atoms with van der Waals surface area (Å²) >= 11 is 0. The summed E-state index contributed by atoms with van der Waals surface area (Å²) in [5.41, 5.74) is -0.420. The number of hydrogen-bond donors (Lipinski definition) is 0. The lowest BCUT2D eigenvalue weighted by atomic mass is 9.92. The van der Waals surface area contributed by atoms with Crippen molar-refractivity contribution < 1.29 is 14.3 Å². The van der Waals surface area contributed by atoms with Gasteiger partial charge in [0, 0.05) is 25.4 Å². The Bertz CT molecular complexity index is 477. The van der Waals surface area contributed by atoms with Crippen LogP contribution in [0.4, 0.5) is 4.79 Å². The minimum atomic E-state index is -0.420. The Balaban J connectivity index is 1.60. The first-order chi connectivity index (χ1) is 10.9. The molecule has 1 aromatic rings. The molecule has 5 heteroatoms. The highest BCUT2D eigenvalue weighted by Crippen LogP contribution is 2.23. The summed E-state index contributed by atoms with van der Waals surface area (Å²) in [7, 11) is 0. The van der Waals surface area contributed by atoms with E-state index in [4.69, 9.17) is 9.47 Å². The van der Waals surface area contributed by atoms with Crippen LogP contribution in [0.3, 0.4) is 0 Å². The van der Waals surface area contributed by atoms with Crippen LogP contribution < -0.4 is 4.74 Å². The number of carbonyl (C=O) groups excluding carboxylic acids is 1. The second-order valence-electron chi connectivity index (χ2n) is 7.07. The van der Waals surface area contributed by atoms with Gasteiger partial charge in [0.15, 0.2) is 0 Å². The second-order valence-corrected chi connectivity index (χ2v) is 7.07. The first-order valence-electron chi connectivity index (χ1n) is 8.46. The molecule has 128 valence electrons. The lowest BCUT2D eigenvalue weighted by Gasteiger charge is -2.33. The number of nitrogens with zero attached hydrogens (tertiary/aromatic N) is 2. The van der Waals surface area contributed by atoms with Crippen molar-refractivity contribution in [3.63, 3.8) is 0 Å². The summed E-state index contributed by atoms with van der Waals surface area (Å²) in [4.78, 5) is 18.0. The molecule has 0 unspecified atom stereocenters. The number of piperidine rings is 1. The molecule has 2 heterocycles. The molecule has 5 nitrogen and oxygen atoms in total. The third-order valence-corrected chi connectivity index (χ3v) is 3.91. The van der Waals surface area contributed by atoms with Gasteiger partial charge < -0.3 is 14.4 Å². The van der Waals surface area contributed by atoms with Crippen molar-refractivity contribution >= 4 is 6.09 Å². The van der Waals surface area contributed by atoms with Gasteiger partial charge in [0.1, 0.15) is 5.60 Å². The van der Waals surface area contributed by atoms with Gasteiger partial charge in [-0.25, -0.2) is 9.78 Å². The summed E-state index contributed by atoms with van der Waals surface area (Å²) in [6.07, 6.45) is 5.80. The monoisotopic (exact) mass is 320 g/mol. The van der Waals surface area contributed by atoms with Crippen molar-refractivity contribution in [2.45, 2.75) is 52.1 Å². The minimum Gasteiger partial charge on any atom is -0.478 e. The van der Waals surface area contributed by atoms with Crippen molar-refractivity contribution in [2.75, 3.05) is 19.7 Å². The van der Waals surface area contributed by atoms with E-state index in [-0.39, 0.29) is 6.09 Å². The van der Waals surface area contributed by atoms with E-state index in [0.717, 1.165) is 38.8 Å². The molecule has 1 fully saturated rings. The Morgan fingerprint density at radius 2 is 2.04 bits per heavy atom. The Kier molecular flexibility index (Phi) is 6.25. The molecule has 1 aliphatic rings. The number of pyridine rings is 1. The van der Waals surface area contributed by atoms with Crippen molar-refractivity contribution in [3.8, 4) is 5.88 Å². The maximum absolute atomic E-state index is 12.0. The SMILES string of the molecule is CC(C)(C)OC(=O)N1CCC(CCCOc2ccccn2)CC1. The average Bonchev–Trinajstić information content (AvgIpc) is 2.51. The Hall–Kier alpha value is -1.78. The van der Waals surface area contributed by atoms with E-state index < -0.39 is 5.60 Å². The zero-order valence-corrected chi connectivity index (χ0v) is 14.5. The lowest BCUT2D eigenvalue weighted by Crippen LogP contribution is -2.41. The van der Waals surface area contributed by atoms with Gasteiger partial charge in [-0.15, -0.1) is 0 Å². The Morgan fingerprint density at radius 1 is 1.30 bits per heavy atom. The summed E-state index contributed by atoms with van der Waals surface area (Å²) in [6.45, 7) is 7.99. The van der Waals surface area contributed by atoms with Crippen molar-refractivity contribution in [2.24, 2.45) is 5.92 Å². The summed E-state index contributed by atoms with van der Waals surface area (Å²) in [5.74, 6) is 1.35. The van der Waals surface area contributed by atoms with E-state index in [1.165, 1.54) is 0 Å². The maximum Gasteiger partial charge on any atom is 0.410 e. The number of carbonyl (C=O) groups is 1. The number of ether oxygens (including phenoxy) is 2. The summed E-state index contributed by atoms with van der Waals surface area (Å²) in [6, 6.07) is 5.68. The van der Waals surface area contributed by atoms with E-state index in [1.54, 1.807) is 6.20 Å². The van der Waals surface area contributed by atoms with Gasteiger partial charge in [-0.05, 0) is 58.4 Å². The van der Waals surface area contributed by atoms with Crippen LogP contribution >= 0.6 is 0 Å². The molecule has 0 atom stereocenters. The van der Waals surface area contributed by atoms with Crippen LogP contribution in [0, 0.1) is 5.92 Å². The minimum absolute atomic E-state index is 0.186. The normalized spacial score (nSPS) is 16.2. The first kappa shape index (κ1) is 17.6. The highest BCUT2D eigenvalue weighted by Gasteiger charge is 2.26. The van der Waals surface area contributed by atoms with Gasteiger partial charge in [0.05, 0.1) is 6.61 Å². The molecule has 0 radical (unpaired) electrons. The Labute approximate surface area is 139 Å². The summed E-state index contributed by atoms with van der Waals surface area (Å²) in [5, 5.41) is 0. The molecule has 0 saturated carbocycles. The fourth-order valence-corrected chi connectivity index (χ4v) is 2.71. The molecule has 0 bridgehead atoms. The topological polar surface area (TPSA) is 51.7 Å². The number of rotatable bonds is 5. The van der Waals surface area contributed by atoms with Crippen LogP contribution in [0.5, 0.6) is 5.88 Å². The van der Waals surface area contributed by atoms with Gasteiger partial charge in [0.2, 0.25) is 5.88 Å². The van der Waals surface area contributed by atoms with Crippen LogP contribution in [-0.2, 0) is 4.74 Å². The van der Waals surface area contributed by atoms with E-state index in [1.807, 2.05) is 43.9 Å². The molecule has 1 saturated heterocycles. The van der Waals surface area contributed by atoms with Crippen LogP contribution in [0.25, 0.3) is 0 Å². The zero-order valence-electron chi connectivity index (χ0n) is 14.5. The first-order valence-corrected chi connectivity index (χ1v) is 8.46. The molecule has 1 amide bonds. The van der Waals surface area contributed by atoms with Crippen LogP contribution in [0.15, 0.2) is 24.4 Å². The Morgan fingerprint density at radius 3 is 2.65 bits per heavy atom. The summed E-state index contributed by atoms with van der Waals surface area (Å²) < 4.78 is 11.0. The molecular formula is C18H28N2O3. The van der Waals surface area contributed by atoms with E-state index >= 15 is 0 Å². The molecule has 0 spiro atoms. The van der Waals surface area contributed by atoms with E-state index in [0.29, 0.717) is 18.4 Å². The van der Waals surface area contributed by atoms with Gasteiger partial charge in [-0.3, -0.25) is 0 Å². The molecule has 0 N–H and O–H groups in total. The lowest BCUT2D eigenvalue weighted by molar-refractivity contribution is 0.0179. The molecule has 1 aromatic heterocycles. The molecular weight excluding hydrogens is 292 g/mol. The third kappa shape index (κ3) is 6.47. The van der Waals surface area contributed by atoms with Crippen molar-refractivity contribution in [1.29, 1.82) is 0 Å². The quantitative estimate of drug-likeness (QED) is 0.772. The van der Waals surface area contributed by atoms with Gasteiger partial charge in [-0.1, -0.05) is 6.07 Å². The third-order valence-electron chi connectivity index (χ3n) is 3.91. The zero-order chi connectivity index (χ0) is 16.7. The highest BCUT2D eigenvalue weighted by atomic mass is 16.6. The smallest absolute Gasteiger partial charge is 0.410 e. The largest absolute Gasteiger partial charge is 0.478 e. The number of likely N-dealkylation sites (tertiary alicyclic amines) is 1. The average molecular weight is 320 g/mol. The number of hydrogen-bond acceptors (Lipinski definition) is 4. The van der Waals surface area contributed by atoms with Gasteiger partial charge in [0.25, 0.3) is 0 Å². The molecule has 1 aliphatic heterocycles. The standard InChI is InChI=1S/C18H28N2O3/c1-18(2,3)23-17(21)20-12-9-15(10-13-20)7-6-14-22-16-8-4-5-11-19-16/h4-5,8,11,15H,6-7,9-10,12-14H2,1-3H3. The van der Waals surface area contributed by atoms with Gasteiger partial charge in [-0.2, -0.15) is 0 Å². The maximum atomic E-state index is 12.0. The van der Waals surface area contributed by atoms with Crippen LogP contribution in [0.1, 0.15) is 46.5 Å². The number of aromatic nitrogens is 1. The van der Waals surface area contributed by atoms with Crippen LogP contribution in [-0.4, -0.2) is 41.3 Å². The predicted molar refractivity (Wildman–Crippen MR) is 89.5 cm³/mol. The molecule has 0 aromatic carbocycles. The van der Waals surface area contributed by atoms with E-state index in [2.05, 4.69) is 4.98 Å². The van der Waals surface area contributed by atoms with E-state index in [9.17, 15) is 4.79 Å². The molecule has 23 heavy (non-hydrogen) atoms. The molecule has 0 aliphatic carbocycles. The van der Waals surface area contributed by atoms with Crippen LogP contribution in [0.2, 0.25) is 0 Å². The number of amides is 1. The highest BCUT2D eigenvalue weighted by molar-refractivity contribution is 5.68. The fraction of sp³-hybridized carbons (Fsp3) is 0.667. The fourth-order valence-electron chi connectivity index (χ4n) is 2.71.